The monoisotopic (exact) mass is 258 g/mol. The van der Waals surface area contributed by atoms with E-state index in [4.69, 9.17) is 0 Å². The van der Waals surface area contributed by atoms with Crippen LogP contribution in [0, 0.1) is 0 Å². The van der Waals surface area contributed by atoms with Gasteiger partial charge in [-0.3, -0.25) is 0 Å². The van der Waals surface area contributed by atoms with Crippen molar-refractivity contribution in [2.24, 2.45) is 0 Å². The molecule has 0 fully saturated rings. The minimum absolute atomic E-state index is 0.0603. The van der Waals surface area contributed by atoms with Gasteiger partial charge in [0.15, 0.2) is 0 Å². The van der Waals surface area contributed by atoms with Crippen LogP contribution < -0.4 is 10.6 Å². The first-order valence-electron chi connectivity index (χ1n) is 6.73. The highest BCUT2D eigenvalue weighted by Crippen LogP contribution is 2.15. The first-order chi connectivity index (χ1) is 8.41. The Morgan fingerprint density at radius 3 is 2.17 bits per heavy atom. The molecule has 0 aromatic heterocycles. The van der Waals surface area contributed by atoms with Crippen LogP contribution in [0.5, 0.6) is 0 Å². The van der Waals surface area contributed by atoms with Crippen LogP contribution >= 0.6 is 0 Å². The summed E-state index contributed by atoms with van der Waals surface area (Å²) >= 11 is 0. The lowest BCUT2D eigenvalue weighted by atomic mass is 9.93. The molecule has 0 aliphatic carbocycles. The Bertz CT molecular complexity index is 275. The van der Waals surface area contributed by atoms with Crippen molar-refractivity contribution in [3.05, 3.63) is 0 Å². The summed E-state index contributed by atoms with van der Waals surface area (Å²) in [4.78, 5) is 23.0. The molecule has 0 saturated heterocycles. The maximum atomic E-state index is 11.8. The van der Waals surface area contributed by atoms with Gasteiger partial charge in [-0.1, -0.05) is 33.6 Å². The van der Waals surface area contributed by atoms with Gasteiger partial charge in [-0.2, -0.15) is 0 Å². The van der Waals surface area contributed by atoms with Crippen LogP contribution in [0.25, 0.3) is 0 Å². The van der Waals surface area contributed by atoms with E-state index >= 15 is 0 Å². The van der Waals surface area contributed by atoms with E-state index < -0.39 is 17.5 Å². The fourth-order valence-electron chi connectivity index (χ4n) is 1.84. The van der Waals surface area contributed by atoms with Crippen LogP contribution in [-0.2, 0) is 4.79 Å². The fourth-order valence-corrected chi connectivity index (χ4v) is 1.84. The topological polar surface area (TPSA) is 78.4 Å². The van der Waals surface area contributed by atoms with Gasteiger partial charge in [-0.25, -0.2) is 9.59 Å². The van der Waals surface area contributed by atoms with E-state index in [0.29, 0.717) is 12.8 Å². The Kier molecular flexibility index (Phi) is 7.39. The molecule has 0 bridgehead atoms. The normalized spacial score (nSPS) is 12.9. The average molecular weight is 258 g/mol. The molecule has 0 aromatic rings. The number of hydrogen-bond donors (Lipinski definition) is 3. The first kappa shape index (κ1) is 16.7. The molecular formula is C13H26N2O3. The van der Waals surface area contributed by atoms with Crippen LogP contribution in [0.1, 0.15) is 59.8 Å². The molecule has 0 heterocycles. The molecule has 0 aliphatic heterocycles. The third-order valence-electron chi connectivity index (χ3n) is 3.34. The maximum absolute atomic E-state index is 11.8. The van der Waals surface area contributed by atoms with Crippen LogP contribution in [-0.4, -0.2) is 28.7 Å². The van der Waals surface area contributed by atoms with Gasteiger partial charge in [-0.05, 0) is 26.2 Å². The highest BCUT2D eigenvalue weighted by atomic mass is 16.4. The zero-order chi connectivity index (χ0) is 14.2. The summed E-state index contributed by atoms with van der Waals surface area (Å²) in [6.07, 6.45) is 3.77. The predicted octanol–water partition coefficient (Wildman–Crippen LogP) is 2.51. The SMILES string of the molecule is CCCCC(C)NC(=O)NC(CC)(CC)C(=O)O. The molecule has 3 N–H and O–H groups in total. The number of carboxylic acid groups (broad SMARTS) is 1. The lowest BCUT2D eigenvalue weighted by Gasteiger charge is -2.28. The lowest BCUT2D eigenvalue weighted by molar-refractivity contribution is -0.144. The number of amides is 2. The molecule has 2 amide bonds. The smallest absolute Gasteiger partial charge is 0.329 e. The Balaban J connectivity index is 4.39. The molecule has 18 heavy (non-hydrogen) atoms. The molecule has 0 saturated carbocycles. The molecule has 0 spiro atoms. The molecule has 106 valence electrons. The molecule has 0 aromatic carbocycles. The van der Waals surface area contributed by atoms with Gasteiger partial charge in [0.05, 0.1) is 0 Å². The second-order valence-corrected chi connectivity index (χ2v) is 4.74. The Morgan fingerprint density at radius 1 is 1.22 bits per heavy atom. The third kappa shape index (κ3) is 4.94. The molecule has 0 aliphatic rings. The lowest BCUT2D eigenvalue weighted by Crippen LogP contribution is -2.57. The fraction of sp³-hybridized carbons (Fsp3) is 0.846. The summed E-state index contributed by atoms with van der Waals surface area (Å²) in [7, 11) is 0. The molecule has 5 nitrogen and oxygen atoms in total. The van der Waals surface area contributed by atoms with E-state index in [1.165, 1.54) is 0 Å². The highest BCUT2D eigenvalue weighted by molar-refractivity contribution is 5.86. The second-order valence-electron chi connectivity index (χ2n) is 4.74. The van der Waals surface area contributed by atoms with Gasteiger partial charge < -0.3 is 15.7 Å². The minimum atomic E-state index is -1.16. The molecule has 0 rings (SSSR count). The van der Waals surface area contributed by atoms with Gasteiger partial charge in [-0.15, -0.1) is 0 Å². The van der Waals surface area contributed by atoms with Gasteiger partial charge in [0, 0.05) is 6.04 Å². The number of hydrogen-bond acceptors (Lipinski definition) is 2. The van der Waals surface area contributed by atoms with Crippen LogP contribution in [0.2, 0.25) is 0 Å². The van der Waals surface area contributed by atoms with E-state index in [2.05, 4.69) is 17.6 Å². The summed E-state index contributed by atoms with van der Waals surface area (Å²) in [6, 6.07) is -0.338. The van der Waals surface area contributed by atoms with Crippen molar-refractivity contribution >= 4 is 12.0 Å². The summed E-state index contributed by atoms with van der Waals surface area (Å²) in [6.45, 7) is 7.54. The summed E-state index contributed by atoms with van der Waals surface area (Å²) in [5.74, 6) is -0.983. The number of rotatable bonds is 8. The second kappa shape index (κ2) is 7.95. The molecule has 0 radical (unpaired) electrons. The zero-order valence-electron chi connectivity index (χ0n) is 11.9. The van der Waals surface area contributed by atoms with E-state index in [-0.39, 0.29) is 6.04 Å². The number of carboxylic acids is 1. The Morgan fingerprint density at radius 2 is 1.78 bits per heavy atom. The van der Waals surface area contributed by atoms with Crippen molar-refractivity contribution in [3.8, 4) is 0 Å². The molecule has 1 atom stereocenters. The third-order valence-corrected chi connectivity index (χ3v) is 3.34. The van der Waals surface area contributed by atoms with Gasteiger partial charge >= 0.3 is 12.0 Å². The predicted molar refractivity (Wildman–Crippen MR) is 71.6 cm³/mol. The molecule has 1 unspecified atom stereocenters. The highest BCUT2D eigenvalue weighted by Gasteiger charge is 2.36. The summed E-state index contributed by atoms with van der Waals surface area (Å²) in [5.41, 5.74) is -1.16. The van der Waals surface area contributed by atoms with Crippen molar-refractivity contribution < 1.29 is 14.7 Å². The first-order valence-corrected chi connectivity index (χ1v) is 6.73. The van der Waals surface area contributed by atoms with Crippen molar-refractivity contribution in [1.82, 2.24) is 10.6 Å². The zero-order valence-corrected chi connectivity index (χ0v) is 11.9. The number of aliphatic carboxylic acids is 1. The molecular weight excluding hydrogens is 232 g/mol. The van der Waals surface area contributed by atoms with E-state index in [1.54, 1.807) is 13.8 Å². The van der Waals surface area contributed by atoms with Crippen LogP contribution in [0.15, 0.2) is 0 Å². The van der Waals surface area contributed by atoms with E-state index in [1.807, 2.05) is 6.92 Å². The van der Waals surface area contributed by atoms with Gasteiger partial charge in [0.1, 0.15) is 5.54 Å². The van der Waals surface area contributed by atoms with Crippen molar-refractivity contribution in [2.45, 2.75) is 71.4 Å². The standard InChI is InChI=1S/C13H26N2O3/c1-5-8-9-10(4)14-12(18)15-13(6-2,7-3)11(16)17/h10H,5-9H2,1-4H3,(H,16,17)(H2,14,15,18). The quantitative estimate of drug-likeness (QED) is 0.626. The number of nitrogens with one attached hydrogen (secondary N) is 2. The van der Waals surface area contributed by atoms with Crippen molar-refractivity contribution in [3.63, 3.8) is 0 Å². The van der Waals surface area contributed by atoms with Crippen LogP contribution in [0.3, 0.4) is 0 Å². The van der Waals surface area contributed by atoms with E-state index in [0.717, 1.165) is 19.3 Å². The van der Waals surface area contributed by atoms with Crippen molar-refractivity contribution in [1.29, 1.82) is 0 Å². The number of carbonyl (C=O) groups is 2. The largest absolute Gasteiger partial charge is 0.480 e. The van der Waals surface area contributed by atoms with Gasteiger partial charge in [0.25, 0.3) is 0 Å². The number of carbonyl (C=O) groups excluding carboxylic acids is 1. The minimum Gasteiger partial charge on any atom is -0.480 e. The van der Waals surface area contributed by atoms with Crippen LogP contribution in [0.4, 0.5) is 4.79 Å². The molecule has 5 heteroatoms. The average Bonchev–Trinajstić information content (AvgIpc) is 2.33. The summed E-state index contributed by atoms with van der Waals surface area (Å²) < 4.78 is 0. The number of urea groups is 1. The van der Waals surface area contributed by atoms with E-state index in [9.17, 15) is 14.7 Å². The number of unbranched alkanes of at least 4 members (excludes halogenated alkanes) is 1. The van der Waals surface area contributed by atoms with Gasteiger partial charge in [0.2, 0.25) is 0 Å². The summed E-state index contributed by atoms with van der Waals surface area (Å²) in [5, 5.41) is 14.6. The maximum Gasteiger partial charge on any atom is 0.329 e. The Hall–Kier alpha value is -1.26. The Labute approximate surface area is 109 Å². The van der Waals surface area contributed by atoms with Crippen molar-refractivity contribution in [2.75, 3.05) is 0 Å².